The molecule has 1 aliphatic rings. The second-order valence-corrected chi connectivity index (χ2v) is 6.96. The van der Waals surface area contributed by atoms with Crippen LogP contribution >= 0.6 is 11.6 Å². The summed E-state index contributed by atoms with van der Waals surface area (Å²) in [6.07, 6.45) is 0.947. The molecule has 0 saturated heterocycles. The highest BCUT2D eigenvalue weighted by atomic mass is 35.5. The molecule has 0 radical (unpaired) electrons. The summed E-state index contributed by atoms with van der Waals surface area (Å²) >= 11 is 6.22. The molecule has 6 heteroatoms. The molecule has 1 aliphatic heterocycles. The van der Waals surface area contributed by atoms with Gasteiger partial charge in [-0.2, -0.15) is 5.10 Å². The molecule has 5 nitrogen and oxygen atoms in total. The minimum atomic E-state index is 0.653. The highest BCUT2D eigenvalue weighted by Crippen LogP contribution is 2.37. The molecule has 0 aliphatic carbocycles. The predicted molar refractivity (Wildman–Crippen MR) is 107 cm³/mol. The zero-order valence-electron chi connectivity index (χ0n) is 15.1. The molecule has 0 fully saturated rings. The highest BCUT2D eigenvalue weighted by Gasteiger charge is 2.25. The van der Waals surface area contributed by atoms with Gasteiger partial charge in [0.05, 0.1) is 12.8 Å². The van der Waals surface area contributed by atoms with Gasteiger partial charge < -0.3 is 15.0 Å². The van der Waals surface area contributed by atoms with E-state index in [0.29, 0.717) is 5.02 Å². The molecule has 4 rings (SSSR count). The Hall–Kier alpha value is -2.66. The van der Waals surface area contributed by atoms with Crippen LogP contribution in [0.25, 0.3) is 16.9 Å². The fourth-order valence-electron chi connectivity index (χ4n) is 3.33. The lowest BCUT2D eigenvalue weighted by molar-refractivity contribution is 0.412. The molecule has 26 heavy (non-hydrogen) atoms. The summed E-state index contributed by atoms with van der Waals surface area (Å²) in [6, 6.07) is 14.0. The molecule has 0 unspecified atom stereocenters. The van der Waals surface area contributed by atoms with Gasteiger partial charge in [-0.3, -0.25) is 0 Å². The Bertz CT molecular complexity index is 947. The molecule has 134 valence electrons. The number of benzene rings is 2. The number of fused-ring (bicyclic) bond motifs is 1. The highest BCUT2D eigenvalue weighted by molar-refractivity contribution is 6.30. The first-order chi connectivity index (χ1) is 12.6. The minimum Gasteiger partial charge on any atom is -0.494 e. The smallest absolute Gasteiger partial charge is 0.144 e. The molecule has 0 spiro atoms. The maximum Gasteiger partial charge on any atom is 0.144 e. The molecule has 1 N–H and O–H groups in total. The van der Waals surface area contributed by atoms with E-state index in [2.05, 4.69) is 34.5 Å². The summed E-state index contributed by atoms with van der Waals surface area (Å²) in [5, 5.41) is 9.00. The maximum absolute atomic E-state index is 6.22. The van der Waals surface area contributed by atoms with Crippen molar-refractivity contribution in [1.29, 1.82) is 0 Å². The van der Waals surface area contributed by atoms with Crippen LogP contribution < -0.4 is 15.0 Å². The fraction of sp³-hybridized carbons (Fsp3) is 0.250. The van der Waals surface area contributed by atoms with Crippen molar-refractivity contribution in [2.75, 3.05) is 38.0 Å². The second-order valence-electron chi connectivity index (χ2n) is 6.52. The van der Waals surface area contributed by atoms with Gasteiger partial charge in [-0.25, -0.2) is 4.68 Å². The summed E-state index contributed by atoms with van der Waals surface area (Å²) < 4.78 is 7.42. The van der Waals surface area contributed by atoms with Crippen molar-refractivity contribution in [1.82, 2.24) is 9.78 Å². The molecule has 2 aromatic carbocycles. The van der Waals surface area contributed by atoms with Crippen molar-refractivity contribution in [2.24, 2.45) is 0 Å². The maximum atomic E-state index is 6.22. The number of nitrogens with one attached hydrogen (secondary N) is 1. The van der Waals surface area contributed by atoms with E-state index in [0.717, 1.165) is 41.5 Å². The van der Waals surface area contributed by atoms with Crippen LogP contribution in [0.5, 0.6) is 5.75 Å². The quantitative estimate of drug-likeness (QED) is 0.748. The summed E-state index contributed by atoms with van der Waals surface area (Å²) in [6.45, 7) is 0.902. The van der Waals surface area contributed by atoms with Gasteiger partial charge in [0.15, 0.2) is 0 Å². The normalized spacial score (nSPS) is 12.6. The van der Waals surface area contributed by atoms with Gasteiger partial charge in [0.25, 0.3) is 0 Å². The largest absolute Gasteiger partial charge is 0.494 e. The Balaban J connectivity index is 1.85. The number of hydrogen-bond donors (Lipinski definition) is 1. The predicted octanol–water partition coefficient (Wildman–Crippen LogP) is 4.24. The molecule has 2 heterocycles. The first-order valence-electron chi connectivity index (χ1n) is 8.56. The third kappa shape index (κ3) is 2.78. The van der Waals surface area contributed by atoms with Crippen LogP contribution in [0.4, 0.5) is 11.5 Å². The fourth-order valence-corrected chi connectivity index (χ4v) is 3.49. The summed E-state index contributed by atoms with van der Waals surface area (Å²) in [4.78, 5) is 2.09. The number of methoxy groups -OCH3 is 1. The number of aromatic nitrogens is 2. The minimum absolute atomic E-state index is 0.653. The van der Waals surface area contributed by atoms with E-state index in [-0.39, 0.29) is 0 Å². The third-order valence-electron chi connectivity index (χ3n) is 4.68. The van der Waals surface area contributed by atoms with E-state index in [9.17, 15) is 0 Å². The Morgan fingerprint density at radius 2 is 1.92 bits per heavy atom. The van der Waals surface area contributed by atoms with Crippen molar-refractivity contribution >= 4 is 23.1 Å². The van der Waals surface area contributed by atoms with Crippen LogP contribution in [0.1, 0.15) is 5.56 Å². The van der Waals surface area contributed by atoms with Gasteiger partial charge in [0.2, 0.25) is 0 Å². The van der Waals surface area contributed by atoms with E-state index in [1.807, 2.05) is 37.0 Å². The van der Waals surface area contributed by atoms with Crippen LogP contribution in [0.15, 0.2) is 42.5 Å². The van der Waals surface area contributed by atoms with Crippen molar-refractivity contribution in [3.8, 4) is 22.7 Å². The monoisotopic (exact) mass is 368 g/mol. The van der Waals surface area contributed by atoms with Crippen LogP contribution in [-0.4, -0.2) is 37.5 Å². The number of ether oxygens (including phenoxy) is 1. The van der Waals surface area contributed by atoms with E-state index in [1.54, 1.807) is 7.11 Å². The van der Waals surface area contributed by atoms with Gasteiger partial charge in [0.1, 0.15) is 17.3 Å². The molecular weight excluding hydrogens is 348 g/mol. The molecule has 0 saturated carbocycles. The van der Waals surface area contributed by atoms with Crippen LogP contribution in [-0.2, 0) is 6.42 Å². The van der Waals surface area contributed by atoms with Crippen LogP contribution in [0, 0.1) is 0 Å². The Morgan fingerprint density at radius 3 is 2.62 bits per heavy atom. The zero-order chi connectivity index (χ0) is 18.3. The summed E-state index contributed by atoms with van der Waals surface area (Å²) in [5.74, 6) is 1.75. The molecule has 0 atom stereocenters. The number of rotatable bonds is 4. The standard InChI is InChI=1S/C20H21ClN4O/c1-24(2)15-7-4-13(5-8-15)19-16-10-11-22-20(16)25(23-19)17-12-14(21)6-9-18(17)26-3/h4-9,12,22H,10-11H2,1-3H3. The van der Waals surface area contributed by atoms with Gasteiger partial charge in [0, 0.05) is 42.5 Å². The number of halogens is 1. The molecule has 0 bridgehead atoms. The van der Waals surface area contributed by atoms with Gasteiger partial charge in [-0.15, -0.1) is 0 Å². The average Bonchev–Trinajstić information content (AvgIpc) is 3.24. The van der Waals surface area contributed by atoms with Crippen LogP contribution in [0.2, 0.25) is 5.02 Å². The third-order valence-corrected chi connectivity index (χ3v) is 4.91. The number of hydrogen-bond acceptors (Lipinski definition) is 4. The second kappa shape index (κ2) is 6.57. The van der Waals surface area contributed by atoms with E-state index < -0.39 is 0 Å². The lowest BCUT2D eigenvalue weighted by atomic mass is 10.1. The first-order valence-corrected chi connectivity index (χ1v) is 8.93. The molecule has 0 amide bonds. The van der Waals surface area contributed by atoms with E-state index >= 15 is 0 Å². The lowest BCUT2D eigenvalue weighted by Crippen LogP contribution is -2.08. The zero-order valence-corrected chi connectivity index (χ0v) is 15.8. The Morgan fingerprint density at radius 1 is 1.15 bits per heavy atom. The van der Waals surface area contributed by atoms with Gasteiger partial charge in [-0.05, 0) is 36.8 Å². The van der Waals surface area contributed by atoms with E-state index in [4.69, 9.17) is 21.4 Å². The summed E-state index contributed by atoms with van der Waals surface area (Å²) in [5.41, 5.74) is 5.33. The number of nitrogens with zero attached hydrogens (tertiary/aromatic N) is 3. The van der Waals surface area contributed by atoms with Crippen molar-refractivity contribution in [2.45, 2.75) is 6.42 Å². The first kappa shape index (κ1) is 16.8. The number of anilines is 2. The average molecular weight is 369 g/mol. The van der Waals surface area contributed by atoms with Crippen molar-refractivity contribution in [3.63, 3.8) is 0 Å². The molecule has 3 aromatic rings. The van der Waals surface area contributed by atoms with Gasteiger partial charge >= 0.3 is 0 Å². The van der Waals surface area contributed by atoms with E-state index in [1.165, 1.54) is 11.3 Å². The molecular formula is C20H21ClN4O. The SMILES string of the molecule is COc1ccc(Cl)cc1-n1nc(-c2ccc(N(C)C)cc2)c2c1NCC2. The van der Waals surface area contributed by atoms with Crippen LogP contribution in [0.3, 0.4) is 0 Å². The van der Waals surface area contributed by atoms with Crippen molar-refractivity contribution < 1.29 is 4.74 Å². The summed E-state index contributed by atoms with van der Waals surface area (Å²) in [7, 11) is 5.73. The Labute approximate surface area is 158 Å². The molecule has 1 aromatic heterocycles. The van der Waals surface area contributed by atoms with Gasteiger partial charge in [-0.1, -0.05) is 23.7 Å². The topological polar surface area (TPSA) is 42.3 Å². The Kier molecular flexibility index (Phi) is 4.24. The van der Waals surface area contributed by atoms with Crippen molar-refractivity contribution in [3.05, 3.63) is 53.1 Å². The lowest BCUT2D eigenvalue weighted by Gasteiger charge is -2.12.